The largest absolute Gasteiger partial charge is 0.454 e. The lowest BCUT2D eigenvalue weighted by Gasteiger charge is -2.34. The summed E-state index contributed by atoms with van der Waals surface area (Å²) in [5.41, 5.74) is 1.31. The monoisotopic (exact) mass is 344 g/mol. The maximum atomic E-state index is 12.7. The van der Waals surface area contributed by atoms with E-state index in [1.807, 2.05) is 29.2 Å². The molecule has 1 fully saturated rings. The van der Waals surface area contributed by atoms with E-state index < -0.39 is 6.67 Å². The molecular formula is C17H17FN4O3. The number of hydrogen-bond acceptors (Lipinski definition) is 7. The molecule has 1 aromatic heterocycles. The molecule has 0 amide bonds. The maximum absolute atomic E-state index is 12.7. The van der Waals surface area contributed by atoms with Crippen LogP contribution in [0.3, 0.4) is 0 Å². The van der Waals surface area contributed by atoms with Crippen molar-refractivity contribution in [1.29, 1.82) is 5.26 Å². The molecule has 8 heteroatoms. The second kappa shape index (κ2) is 6.61. The van der Waals surface area contributed by atoms with Gasteiger partial charge in [0.2, 0.25) is 24.3 Å². The normalized spacial score (nSPS) is 16.9. The van der Waals surface area contributed by atoms with Crippen LogP contribution in [0.5, 0.6) is 11.5 Å². The number of ether oxygens (including phenoxy) is 2. The summed E-state index contributed by atoms with van der Waals surface area (Å²) in [7, 11) is 0. The smallest absolute Gasteiger partial charge is 0.234 e. The Bertz CT molecular complexity index is 809. The Kier molecular flexibility index (Phi) is 4.15. The highest BCUT2D eigenvalue weighted by atomic mass is 19.1. The van der Waals surface area contributed by atoms with E-state index in [4.69, 9.17) is 19.2 Å². The first-order valence-electron chi connectivity index (χ1n) is 8.08. The summed E-state index contributed by atoms with van der Waals surface area (Å²) < 4.78 is 28.8. The number of piperazine rings is 1. The molecule has 0 radical (unpaired) electrons. The van der Waals surface area contributed by atoms with Gasteiger partial charge in [0, 0.05) is 32.7 Å². The Balaban J connectivity index is 1.39. The highest BCUT2D eigenvalue weighted by molar-refractivity contribution is 5.48. The summed E-state index contributed by atoms with van der Waals surface area (Å²) in [6, 6.07) is 7.95. The van der Waals surface area contributed by atoms with E-state index in [1.165, 1.54) is 0 Å². The fourth-order valence-electron chi connectivity index (χ4n) is 3.11. The van der Waals surface area contributed by atoms with Crippen molar-refractivity contribution in [3.8, 4) is 17.6 Å². The van der Waals surface area contributed by atoms with Crippen molar-refractivity contribution in [2.75, 3.05) is 37.9 Å². The van der Waals surface area contributed by atoms with Gasteiger partial charge in [0.1, 0.15) is 6.07 Å². The molecule has 2 aliphatic rings. The predicted octanol–water partition coefficient (Wildman–Crippen LogP) is 2.07. The van der Waals surface area contributed by atoms with Gasteiger partial charge in [-0.3, -0.25) is 4.90 Å². The van der Waals surface area contributed by atoms with Crippen molar-refractivity contribution >= 4 is 5.88 Å². The fourth-order valence-corrected chi connectivity index (χ4v) is 3.11. The third-order valence-electron chi connectivity index (χ3n) is 4.38. The van der Waals surface area contributed by atoms with Crippen molar-refractivity contribution in [3.63, 3.8) is 0 Å². The molecule has 3 heterocycles. The third-order valence-corrected chi connectivity index (χ3v) is 4.38. The van der Waals surface area contributed by atoms with Crippen molar-refractivity contribution in [2.45, 2.75) is 13.2 Å². The molecule has 2 aliphatic heterocycles. The van der Waals surface area contributed by atoms with Gasteiger partial charge in [0.25, 0.3) is 0 Å². The molecule has 7 nitrogen and oxygen atoms in total. The van der Waals surface area contributed by atoms with Gasteiger partial charge in [-0.2, -0.15) is 10.2 Å². The zero-order valence-corrected chi connectivity index (χ0v) is 13.6. The molecule has 0 saturated carbocycles. The minimum atomic E-state index is -0.807. The molecule has 0 N–H and O–H groups in total. The minimum absolute atomic E-state index is 0.0469. The molecule has 0 bridgehead atoms. The molecular weight excluding hydrogens is 327 g/mol. The van der Waals surface area contributed by atoms with E-state index in [0.717, 1.165) is 36.7 Å². The van der Waals surface area contributed by atoms with E-state index in [-0.39, 0.29) is 18.4 Å². The van der Waals surface area contributed by atoms with Crippen LogP contribution in [0.4, 0.5) is 10.3 Å². The van der Waals surface area contributed by atoms with Gasteiger partial charge in [0.05, 0.1) is 0 Å². The quantitative estimate of drug-likeness (QED) is 0.840. The minimum Gasteiger partial charge on any atom is -0.454 e. The SMILES string of the molecule is N#Cc1nc(CF)oc1N1CCN(Cc2ccc3c(c2)OCO3)CC1. The van der Waals surface area contributed by atoms with Gasteiger partial charge in [-0.25, -0.2) is 4.39 Å². The number of halogens is 1. The number of nitrogens with zero attached hydrogens (tertiary/aromatic N) is 4. The number of anilines is 1. The topological polar surface area (TPSA) is 74.8 Å². The lowest BCUT2D eigenvalue weighted by Crippen LogP contribution is -2.46. The Morgan fingerprint density at radius 1 is 1.16 bits per heavy atom. The standard InChI is InChI=1S/C17H17FN4O3/c18-8-16-20-13(9-19)17(25-16)22-5-3-21(4-6-22)10-12-1-2-14-15(7-12)24-11-23-14/h1-2,7H,3-6,8,10-11H2. The van der Waals surface area contributed by atoms with Crippen LogP contribution in [0.25, 0.3) is 0 Å². The molecule has 130 valence electrons. The molecule has 4 rings (SSSR count). The molecule has 0 aliphatic carbocycles. The van der Waals surface area contributed by atoms with E-state index >= 15 is 0 Å². The molecule has 25 heavy (non-hydrogen) atoms. The number of rotatable bonds is 4. The van der Waals surface area contributed by atoms with Gasteiger partial charge in [0.15, 0.2) is 18.2 Å². The van der Waals surface area contributed by atoms with Crippen molar-refractivity contribution < 1.29 is 18.3 Å². The van der Waals surface area contributed by atoms with E-state index in [2.05, 4.69) is 9.88 Å². The van der Waals surface area contributed by atoms with Crippen molar-refractivity contribution in [1.82, 2.24) is 9.88 Å². The van der Waals surface area contributed by atoms with E-state index in [1.54, 1.807) is 0 Å². The molecule has 1 saturated heterocycles. The third kappa shape index (κ3) is 3.10. The predicted molar refractivity (Wildman–Crippen MR) is 86.1 cm³/mol. The number of nitriles is 1. The zero-order valence-electron chi connectivity index (χ0n) is 13.6. The van der Waals surface area contributed by atoms with E-state index in [0.29, 0.717) is 19.0 Å². The summed E-state index contributed by atoms with van der Waals surface area (Å²) in [5, 5.41) is 9.13. The molecule has 2 aromatic rings. The zero-order chi connectivity index (χ0) is 17.2. The second-order valence-electron chi connectivity index (χ2n) is 5.96. The summed E-state index contributed by atoms with van der Waals surface area (Å²) in [6.07, 6.45) is 0. The van der Waals surface area contributed by atoms with Crippen LogP contribution in [-0.2, 0) is 13.2 Å². The number of fused-ring (bicyclic) bond motifs is 1. The maximum Gasteiger partial charge on any atom is 0.234 e. The Labute approximate surface area is 144 Å². The summed E-state index contributed by atoms with van der Waals surface area (Å²) >= 11 is 0. The van der Waals surface area contributed by atoms with Gasteiger partial charge < -0.3 is 18.8 Å². The van der Waals surface area contributed by atoms with Crippen molar-refractivity contribution in [2.24, 2.45) is 0 Å². The van der Waals surface area contributed by atoms with Crippen LogP contribution in [0.2, 0.25) is 0 Å². The number of oxazole rings is 1. The summed E-state index contributed by atoms with van der Waals surface area (Å²) in [5.74, 6) is 1.90. The first kappa shape index (κ1) is 15.7. The lowest BCUT2D eigenvalue weighted by molar-refractivity contribution is 0.174. The van der Waals surface area contributed by atoms with Crippen LogP contribution in [0.15, 0.2) is 22.6 Å². The highest BCUT2D eigenvalue weighted by Crippen LogP contribution is 2.33. The first-order chi connectivity index (χ1) is 12.3. The van der Waals surface area contributed by atoms with Gasteiger partial charge >= 0.3 is 0 Å². The molecule has 0 atom stereocenters. The molecule has 0 spiro atoms. The second-order valence-corrected chi connectivity index (χ2v) is 5.96. The number of aromatic nitrogens is 1. The van der Waals surface area contributed by atoms with Crippen LogP contribution in [-0.4, -0.2) is 42.9 Å². The van der Waals surface area contributed by atoms with E-state index in [9.17, 15) is 4.39 Å². The number of hydrogen-bond donors (Lipinski definition) is 0. The Hall–Kier alpha value is -2.79. The molecule has 0 unspecified atom stereocenters. The average Bonchev–Trinajstić information content (AvgIpc) is 3.28. The number of benzene rings is 1. The highest BCUT2D eigenvalue weighted by Gasteiger charge is 2.24. The van der Waals surface area contributed by atoms with Gasteiger partial charge in [-0.15, -0.1) is 0 Å². The van der Waals surface area contributed by atoms with Gasteiger partial charge in [-0.1, -0.05) is 6.07 Å². The first-order valence-corrected chi connectivity index (χ1v) is 8.08. The average molecular weight is 344 g/mol. The number of alkyl halides is 1. The van der Waals surface area contributed by atoms with Crippen LogP contribution < -0.4 is 14.4 Å². The van der Waals surface area contributed by atoms with Gasteiger partial charge in [-0.05, 0) is 17.7 Å². The lowest BCUT2D eigenvalue weighted by atomic mass is 10.1. The molecule has 1 aromatic carbocycles. The van der Waals surface area contributed by atoms with Crippen LogP contribution in [0.1, 0.15) is 17.1 Å². The van der Waals surface area contributed by atoms with Crippen LogP contribution in [0, 0.1) is 11.3 Å². The van der Waals surface area contributed by atoms with Crippen molar-refractivity contribution in [3.05, 3.63) is 35.3 Å². The van der Waals surface area contributed by atoms with Crippen LogP contribution >= 0.6 is 0 Å². The summed E-state index contributed by atoms with van der Waals surface area (Å²) in [4.78, 5) is 8.12. The fraction of sp³-hybridized carbons (Fsp3) is 0.412. The Morgan fingerprint density at radius 2 is 1.96 bits per heavy atom. The summed E-state index contributed by atoms with van der Waals surface area (Å²) in [6.45, 7) is 3.29. The Morgan fingerprint density at radius 3 is 2.72 bits per heavy atom.